The quantitative estimate of drug-likeness (QED) is 0.502. The summed E-state index contributed by atoms with van der Waals surface area (Å²) in [6.07, 6.45) is 3.89. The molecule has 0 unspecified atom stereocenters. The van der Waals surface area contributed by atoms with Crippen molar-refractivity contribution in [2.75, 3.05) is 0 Å². The molecule has 3 aromatic heterocycles. The Kier molecular flexibility index (Phi) is 2.69. The Morgan fingerprint density at radius 2 is 0.917 bits per heavy atom. The van der Waals surface area contributed by atoms with E-state index in [0.717, 1.165) is 22.8 Å². The van der Waals surface area contributed by atoms with Crippen LogP contribution in [0.4, 0.5) is 0 Å². The Balaban J connectivity index is 1.76. The van der Waals surface area contributed by atoms with Gasteiger partial charge in [0.2, 0.25) is 11.3 Å². The maximum absolute atomic E-state index is 4.33. The molecule has 2 aromatic carbocycles. The lowest BCUT2D eigenvalue weighted by Crippen LogP contribution is -1.95. The van der Waals surface area contributed by atoms with Crippen molar-refractivity contribution >= 4 is 11.3 Å². The summed E-state index contributed by atoms with van der Waals surface area (Å²) >= 11 is 0. The highest BCUT2D eigenvalue weighted by molar-refractivity contribution is 5.72. The van der Waals surface area contributed by atoms with Crippen molar-refractivity contribution in [3.63, 3.8) is 0 Å². The number of aromatic nitrogens is 6. The second kappa shape index (κ2) is 4.99. The summed E-state index contributed by atoms with van der Waals surface area (Å²) < 4.78 is 3.88. The van der Waals surface area contributed by atoms with Crippen molar-refractivity contribution in [1.82, 2.24) is 29.2 Å². The molecule has 0 saturated heterocycles. The summed E-state index contributed by atoms with van der Waals surface area (Å²) in [5, 5.41) is 17.3. The Hall–Kier alpha value is -3.54. The minimum Gasteiger partial charge on any atom is -0.278 e. The zero-order valence-electron chi connectivity index (χ0n) is 12.6. The number of hydrogen-bond acceptors (Lipinski definition) is 4. The summed E-state index contributed by atoms with van der Waals surface area (Å²) in [6, 6.07) is 20.0. The van der Waals surface area contributed by atoms with Crippen LogP contribution in [0.15, 0.2) is 73.1 Å². The molecule has 24 heavy (non-hydrogen) atoms. The molecule has 5 rings (SSSR count). The van der Waals surface area contributed by atoms with Crippen LogP contribution >= 0.6 is 0 Å². The summed E-state index contributed by atoms with van der Waals surface area (Å²) in [4.78, 5) is 0. The van der Waals surface area contributed by atoms with Gasteiger partial charge in [0.1, 0.15) is 0 Å². The van der Waals surface area contributed by atoms with E-state index in [1.165, 1.54) is 0 Å². The first kappa shape index (κ1) is 13.0. The molecular weight excluding hydrogens is 300 g/mol. The van der Waals surface area contributed by atoms with Gasteiger partial charge in [-0.3, -0.25) is 8.80 Å². The van der Waals surface area contributed by atoms with E-state index >= 15 is 0 Å². The van der Waals surface area contributed by atoms with E-state index in [9.17, 15) is 0 Å². The second-order valence-corrected chi connectivity index (χ2v) is 5.46. The third kappa shape index (κ3) is 1.83. The van der Waals surface area contributed by atoms with Gasteiger partial charge in [-0.1, -0.05) is 60.7 Å². The summed E-state index contributed by atoms with van der Waals surface area (Å²) in [6.45, 7) is 0. The molecule has 6 nitrogen and oxygen atoms in total. The standard InChI is InChI=1S/C18H12N6/c1-3-7-13(8-4-1)15-19-21-17-18-22-20-16(14-9-5-2-6-10-14)24(18)12-11-23(15)17/h1-12H. The predicted octanol–water partition coefficient (Wildman–Crippen LogP) is 3.11. The molecule has 0 spiro atoms. The zero-order valence-corrected chi connectivity index (χ0v) is 12.6. The van der Waals surface area contributed by atoms with E-state index in [1.807, 2.05) is 81.9 Å². The number of rotatable bonds is 2. The van der Waals surface area contributed by atoms with Gasteiger partial charge in [0.15, 0.2) is 11.6 Å². The first-order valence-corrected chi connectivity index (χ1v) is 7.61. The largest absolute Gasteiger partial charge is 0.278 e. The SMILES string of the molecule is c1ccc(-c2nnc3c4nnc(-c5ccccc5)n4ccn23)cc1. The molecule has 0 N–H and O–H groups in total. The fourth-order valence-electron chi connectivity index (χ4n) is 2.87. The lowest BCUT2D eigenvalue weighted by molar-refractivity contribution is 1.09. The lowest BCUT2D eigenvalue weighted by atomic mass is 10.2. The first-order valence-electron chi connectivity index (χ1n) is 7.61. The number of hydrogen-bond donors (Lipinski definition) is 0. The molecule has 0 aliphatic heterocycles. The van der Waals surface area contributed by atoms with Crippen molar-refractivity contribution in [2.24, 2.45) is 0 Å². The van der Waals surface area contributed by atoms with Crippen molar-refractivity contribution in [3.05, 3.63) is 73.1 Å². The summed E-state index contributed by atoms with van der Waals surface area (Å²) in [7, 11) is 0. The van der Waals surface area contributed by atoms with Gasteiger partial charge < -0.3 is 0 Å². The van der Waals surface area contributed by atoms with Gasteiger partial charge in [-0.05, 0) is 0 Å². The van der Waals surface area contributed by atoms with E-state index in [-0.39, 0.29) is 0 Å². The topological polar surface area (TPSA) is 60.4 Å². The third-order valence-corrected chi connectivity index (χ3v) is 4.02. The molecule has 0 aliphatic rings. The highest BCUT2D eigenvalue weighted by atomic mass is 15.3. The van der Waals surface area contributed by atoms with Crippen LogP contribution in [0.5, 0.6) is 0 Å². The van der Waals surface area contributed by atoms with Gasteiger partial charge in [0, 0.05) is 23.5 Å². The minimum atomic E-state index is 0.686. The van der Waals surface area contributed by atoms with E-state index in [2.05, 4.69) is 20.4 Å². The van der Waals surface area contributed by atoms with Crippen LogP contribution in [0.3, 0.4) is 0 Å². The molecule has 0 aliphatic carbocycles. The van der Waals surface area contributed by atoms with Crippen molar-refractivity contribution in [1.29, 1.82) is 0 Å². The molecule has 0 amide bonds. The fourth-order valence-corrected chi connectivity index (χ4v) is 2.87. The normalized spacial score (nSPS) is 11.3. The van der Waals surface area contributed by atoms with E-state index in [4.69, 9.17) is 0 Å². The molecular formula is C18H12N6. The second-order valence-electron chi connectivity index (χ2n) is 5.46. The molecule has 0 saturated carbocycles. The van der Waals surface area contributed by atoms with Crippen molar-refractivity contribution in [2.45, 2.75) is 0 Å². The van der Waals surface area contributed by atoms with Crippen LogP contribution in [0.2, 0.25) is 0 Å². The summed E-state index contributed by atoms with van der Waals surface area (Å²) in [5.74, 6) is 1.58. The maximum atomic E-state index is 4.33. The Morgan fingerprint density at radius 3 is 1.33 bits per heavy atom. The maximum Gasteiger partial charge on any atom is 0.206 e. The molecule has 0 bridgehead atoms. The lowest BCUT2D eigenvalue weighted by Gasteiger charge is -2.02. The molecule has 0 fully saturated rings. The van der Waals surface area contributed by atoms with Crippen molar-refractivity contribution < 1.29 is 0 Å². The van der Waals surface area contributed by atoms with Gasteiger partial charge in [-0.2, -0.15) is 0 Å². The molecule has 114 valence electrons. The first-order chi connectivity index (χ1) is 11.9. The monoisotopic (exact) mass is 312 g/mol. The molecule has 5 aromatic rings. The smallest absolute Gasteiger partial charge is 0.206 e. The van der Waals surface area contributed by atoms with E-state index < -0.39 is 0 Å². The van der Waals surface area contributed by atoms with Gasteiger partial charge in [0.25, 0.3) is 0 Å². The van der Waals surface area contributed by atoms with Crippen LogP contribution in [0.1, 0.15) is 0 Å². The fraction of sp³-hybridized carbons (Fsp3) is 0. The molecule has 6 heteroatoms. The van der Waals surface area contributed by atoms with Crippen LogP contribution in [0, 0.1) is 0 Å². The Morgan fingerprint density at radius 1 is 0.500 bits per heavy atom. The summed E-state index contributed by atoms with van der Waals surface area (Å²) in [5.41, 5.74) is 3.39. The number of benzene rings is 2. The van der Waals surface area contributed by atoms with Gasteiger partial charge in [0.05, 0.1) is 0 Å². The minimum absolute atomic E-state index is 0.686. The van der Waals surface area contributed by atoms with Crippen molar-refractivity contribution in [3.8, 4) is 22.8 Å². The van der Waals surface area contributed by atoms with Gasteiger partial charge >= 0.3 is 0 Å². The van der Waals surface area contributed by atoms with Crippen LogP contribution in [-0.4, -0.2) is 29.2 Å². The average molecular weight is 312 g/mol. The highest BCUT2D eigenvalue weighted by Gasteiger charge is 2.15. The highest BCUT2D eigenvalue weighted by Crippen LogP contribution is 2.23. The predicted molar refractivity (Wildman–Crippen MR) is 90.4 cm³/mol. The molecule has 0 radical (unpaired) electrons. The Labute approximate surface area is 137 Å². The number of fused-ring (bicyclic) bond motifs is 3. The zero-order chi connectivity index (χ0) is 15.9. The molecule has 3 heterocycles. The van der Waals surface area contributed by atoms with E-state index in [1.54, 1.807) is 0 Å². The van der Waals surface area contributed by atoms with Gasteiger partial charge in [-0.15, -0.1) is 20.4 Å². The third-order valence-electron chi connectivity index (χ3n) is 4.02. The van der Waals surface area contributed by atoms with Crippen LogP contribution in [-0.2, 0) is 0 Å². The van der Waals surface area contributed by atoms with Crippen LogP contribution < -0.4 is 0 Å². The number of nitrogens with zero attached hydrogens (tertiary/aromatic N) is 6. The van der Waals surface area contributed by atoms with Crippen LogP contribution in [0.25, 0.3) is 34.1 Å². The van der Waals surface area contributed by atoms with Gasteiger partial charge in [-0.25, -0.2) is 0 Å². The average Bonchev–Trinajstić information content (AvgIpc) is 3.27. The Bertz CT molecular complexity index is 1050. The molecule has 0 atom stereocenters. The van der Waals surface area contributed by atoms with E-state index in [0.29, 0.717) is 11.3 Å².